The maximum atomic E-state index is 5.73. The van der Waals surface area contributed by atoms with Gasteiger partial charge in [-0.15, -0.1) is 0 Å². The molecule has 0 radical (unpaired) electrons. The summed E-state index contributed by atoms with van der Waals surface area (Å²) in [6.45, 7) is 4.57. The first kappa shape index (κ1) is 10.3. The number of pyridine rings is 1. The fraction of sp³-hybridized carbons (Fsp3) is 0.583. The average molecular weight is 205 g/mol. The van der Waals surface area contributed by atoms with Gasteiger partial charge in [0.1, 0.15) is 0 Å². The van der Waals surface area contributed by atoms with Crippen LogP contribution in [0.1, 0.15) is 26.2 Å². The highest BCUT2D eigenvalue weighted by Gasteiger charge is 2.21. The molecule has 1 atom stereocenters. The lowest BCUT2D eigenvalue weighted by Gasteiger charge is -2.18. The van der Waals surface area contributed by atoms with Crippen LogP contribution in [0.3, 0.4) is 0 Å². The van der Waals surface area contributed by atoms with Crippen LogP contribution in [0.5, 0.6) is 0 Å². The largest absolute Gasteiger partial charge is 0.397 e. The molecule has 0 spiro atoms. The van der Waals surface area contributed by atoms with Gasteiger partial charge in [-0.05, 0) is 24.8 Å². The van der Waals surface area contributed by atoms with Crippen LogP contribution < -0.4 is 10.6 Å². The number of hydrogen-bond acceptors (Lipinski definition) is 3. The van der Waals surface area contributed by atoms with Crippen molar-refractivity contribution in [2.75, 3.05) is 23.7 Å². The van der Waals surface area contributed by atoms with Crippen LogP contribution in [0, 0.1) is 5.92 Å². The molecule has 0 saturated carbocycles. The molecule has 0 bridgehead atoms. The second kappa shape index (κ2) is 4.51. The summed E-state index contributed by atoms with van der Waals surface area (Å²) in [4.78, 5) is 6.53. The molecule has 3 nitrogen and oxygen atoms in total. The second-order valence-electron chi connectivity index (χ2n) is 4.37. The summed E-state index contributed by atoms with van der Waals surface area (Å²) in [6, 6.07) is 2.02. The van der Waals surface area contributed by atoms with Gasteiger partial charge in [-0.3, -0.25) is 4.98 Å². The predicted octanol–water partition coefficient (Wildman–Crippen LogP) is 2.29. The van der Waals surface area contributed by atoms with Crippen LogP contribution in [-0.2, 0) is 0 Å². The van der Waals surface area contributed by atoms with Crippen LogP contribution in [-0.4, -0.2) is 18.1 Å². The zero-order valence-corrected chi connectivity index (χ0v) is 9.32. The van der Waals surface area contributed by atoms with Crippen LogP contribution in [0.15, 0.2) is 18.5 Å². The summed E-state index contributed by atoms with van der Waals surface area (Å²) >= 11 is 0. The minimum atomic E-state index is 0.756. The summed E-state index contributed by atoms with van der Waals surface area (Å²) in [5.74, 6) is 0.858. The zero-order valence-electron chi connectivity index (χ0n) is 9.32. The molecule has 1 aromatic rings. The first-order valence-electron chi connectivity index (χ1n) is 5.75. The maximum Gasteiger partial charge on any atom is 0.0573 e. The Bertz CT molecular complexity index is 324. The molecule has 1 aliphatic heterocycles. The number of anilines is 2. The molecule has 0 aliphatic carbocycles. The fourth-order valence-corrected chi connectivity index (χ4v) is 2.33. The number of hydrogen-bond donors (Lipinski definition) is 1. The van der Waals surface area contributed by atoms with E-state index in [9.17, 15) is 0 Å². The van der Waals surface area contributed by atoms with Gasteiger partial charge in [0, 0.05) is 19.3 Å². The summed E-state index contributed by atoms with van der Waals surface area (Å²) in [5.41, 5.74) is 7.66. The average Bonchev–Trinajstić information content (AvgIpc) is 2.67. The van der Waals surface area contributed by atoms with Crippen molar-refractivity contribution in [2.45, 2.75) is 26.2 Å². The molecule has 1 aromatic heterocycles. The Hall–Kier alpha value is -1.25. The minimum Gasteiger partial charge on any atom is -0.397 e. The lowest BCUT2D eigenvalue weighted by molar-refractivity contribution is 0.530. The Morgan fingerprint density at radius 1 is 1.53 bits per heavy atom. The van der Waals surface area contributed by atoms with Crippen molar-refractivity contribution in [1.82, 2.24) is 4.98 Å². The van der Waals surface area contributed by atoms with Gasteiger partial charge in [-0.25, -0.2) is 0 Å². The summed E-state index contributed by atoms with van der Waals surface area (Å²) in [7, 11) is 0. The monoisotopic (exact) mass is 205 g/mol. The number of nitrogen functional groups attached to an aromatic ring is 1. The lowest BCUT2D eigenvalue weighted by Crippen LogP contribution is -2.19. The Labute approximate surface area is 91.3 Å². The van der Waals surface area contributed by atoms with Crippen molar-refractivity contribution in [3.05, 3.63) is 18.5 Å². The van der Waals surface area contributed by atoms with E-state index >= 15 is 0 Å². The third kappa shape index (κ3) is 2.41. The Morgan fingerprint density at radius 3 is 3.13 bits per heavy atom. The van der Waals surface area contributed by atoms with Gasteiger partial charge in [0.25, 0.3) is 0 Å². The van der Waals surface area contributed by atoms with Gasteiger partial charge in [0.05, 0.1) is 17.6 Å². The Balaban J connectivity index is 2.01. The Kier molecular flexibility index (Phi) is 3.09. The van der Waals surface area contributed by atoms with Crippen LogP contribution in [0.25, 0.3) is 0 Å². The van der Waals surface area contributed by atoms with Crippen molar-refractivity contribution < 1.29 is 0 Å². The first-order chi connectivity index (χ1) is 7.29. The highest BCUT2D eigenvalue weighted by atomic mass is 15.2. The predicted molar refractivity (Wildman–Crippen MR) is 63.9 cm³/mol. The van der Waals surface area contributed by atoms with Gasteiger partial charge < -0.3 is 10.6 Å². The molecule has 2 N–H and O–H groups in total. The molecule has 1 saturated heterocycles. The fourth-order valence-electron chi connectivity index (χ4n) is 2.33. The van der Waals surface area contributed by atoms with E-state index in [0.29, 0.717) is 0 Å². The van der Waals surface area contributed by atoms with Crippen LogP contribution >= 0.6 is 0 Å². The van der Waals surface area contributed by atoms with E-state index in [2.05, 4.69) is 16.8 Å². The molecule has 1 aliphatic rings. The number of aromatic nitrogens is 1. The van der Waals surface area contributed by atoms with Crippen molar-refractivity contribution in [3.8, 4) is 0 Å². The summed E-state index contributed by atoms with van der Waals surface area (Å²) < 4.78 is 0. The maximum absolute atomic E-state index is 5.73. The molecule has 82 valence electrons. The van der Waals surface area contributed by atoms with E-state index < -0.39 is 0 Å². The summed E-state index contributed by atoms with van der Waals surface area (Å²) in [5, 5.41) is 0. The first-order valence-corrected chi connectivity index (χ1v) is 5.75. The molecular formula is C12H19N3. The molecule has 2 rings (SSSR count). The van der Waals surface area contributed by atoms with Gasteiger partial charge in [-0.2, -0.15) is 0 Å². The van der Waals surface area contributed by atoms with Crippen molar-refractivity contribution in [1.29, 1.82) is 0 Å². The molecule has 15 heavy (non-hydrogen) atoms. The highest BCUT2D eigenvalue weighted by Crippen LogP contribution is 2.26. The Morgan fingerprint density at radius 2 is 2.40 bits per heavy atom. The highest BCUT2D eigenvalue weighted by molar-refractivity contribution is 5.53. The van der Waals surface area contributed by atoms with E-state index in [1.54, 1.807) is 6.20 Å². The lowest BCUT2D eigenvalue weighted by atomic mass is 10.0. The number of rotatable bonds is 3. The van der Waals surface area contributed by atoms with E-state index in [-0.39, 0.29) is 0 Å². The van der Waals surface area contributed by atoms with E-state index in [1.807, 2.05) is 12.3 Å². The quantitative estimate of drug-likeness (QED) is 0.823. The molecule has 2 heterocycles. The second-order valence-corrected chi connectivity index (χ2v) is 4.37. The van der Waals surface area contributed by atoms with Gasteiger partial charge >= 0.3 is 0 Å². The third-order valence-electron chi connectivity index (χ3n) is 3.09. The standard InChI is InChI=1S/C12H19N3/c1-2-3-10-4-5-15(9-10)12-6-11(13)7-14-8-12/h6-8,10H,2-5,9,13H2,1H3. The van der Waals surface area contributed by atoms with Gasteiger partial charge in [0.15, 0.2) is 0 Å². The molecule has 1 fully saturated rings. The topological polar surface area (TPSA) is 42.2 Å². The van der Waals surface area contributed by atoms with Crippen LogP contribution in [0.4, 0.5) is 11.4 Å². The summed E-state index contributed by atoms with van der Waals surface area (Å²) in [6.07, 6.45) is 7.54. The number of nitrogens with zero attached hydrogens (tertiary/aromatic N) is 2. The van der Waals surface area contributed by atoms with Crippen molar-refractivity contribution >= 4 is 11.4 Å². The smallest absolute Gasteiger partial charge is 0.0573 e. The molecule has 1 unspecified atom stereocenters. The van der Waals surface area contributed by atoms with E-state index in [4.69, 9.17) is 5.73 Å². The van der Waals surface area contributed by atoms with E-state index in [0.717, 1.165) is 18.2 Å². The molecule has 0 amide bonds. The zero-order chi connectivity index (χ0) is 10.7. The van der Waals surface area contributed by atoms with Gasteiger partial charge in [-0.1, -0.05) is 13.3 Å². The normalized spacial score (nSPS) is 20.9. The van der Waals surface area contributed by atoms with E-state index in [1.165, 1.54) is 31.5 Å². The molecule has 0 aromatic carbocycles. The van der Waals surface area contributed by atoms with Gasteiger partial charge in [0.2, 0.25) is 0 Å². The van der Waals surface area contributed by atoms with Crippen molar-refractivity contribution in [3.63, 3.8) is 0 Å². The van der Waals surface area contributed by atoms with Crippen LogP contribution in [0.2, 0.25) is 0 Å². The molecule has 3 heteroatoms. The minimum absolute atomic E-state index is 0.756. The van der Waals surface area contributed by atoms with Crippen molar-refractivity contribution in [2.24, 2.45) is 5.92 Å². The number of nitrogens with two attached hydrogens (primary N) is 1. The third-order valence-corrected chi connectivity index (χ3v) is 3.09. The SMILES string of the molecule is CCCC1CCN(c2cncc(N)c2)C1. The molecular weight excluding hydrogens is 186 g/mol.